The van der Waals surface area contributed by atoms with Crippen LogP contribution < -0.4 is 4.90 Å². The first-order chi connectivity index (χ1) is 8.68. The number of rotatable bonds is 1. The van der Waals surface area contributed by atoms with Gasteiger partial charge in [-0.05, 0) is 31.9 Å². The van der Waals surface area contributed by atoms with Crippen LogP contribution in [0.5, 0.6) is 0 Å². The fraction of sp³-hybridized carbons (Fsp3) is 0.286. The Morgan fingerprint density at radius 3 is 2.89 bits per heavy atom. The Labute approximate surface area is 105 Å². The SMILES string of the molecule is Cc1ncnc(N2c3ccccc3CC2C)c1F. The maximum Gasteiger partial charge on any atom is 0.187 e. The van der Waals surface area contributed by atoms with Crippen LogP contribution in [0.25, 0.3) is 0 Å². The number of hydrogen-bond acceptors (Lipinski definition) is 3. The number of benzene rings is 1. The van der Waals surface area contributed by atoms with Crippen molar-refractivity contribution < 1.29 is 4.39 Å². The Morgan fingerprint density at radius 2 is 2.06 bits per heavy atom. The minimum Gasteiger partial charge on any atom is -0.320 e. The molecule has 0 saturated carbocycles. The Bertz CT molecular complexity index is 597. The second-order valence-corrected chi connectivity index (χ2v) is 4.65. The lowest BCUT2D eigenvalue weighted by Gasteiger charge is -2.24. The molecule has 1 atom stereocenters. The summed E-state index contributed by atoms with van der Waals surface area (Å²) in [5.74, 6) is 0.0426. The zero-order valence-corrected chi connectivity index (χ0v) is 10.4. The van der Waals surface area contributed by atoms with Gasteiger partial charge < -0.3 is 4.90 Å². The Hall–Kier alpha value is -1.97. The fourth-order valence-corrected chi connectivity index (χ4v) is 2.50. The largest absolute Gasteiger partial charge is 0.320 e. The summed E-state index contributed by atoms with van der Waals surface area (Å²) in [5, 5.41) is 0. The number of aromatic nitrogens is 2. The highest BCUT2D eigenvalue weighted by atomic mass is 19.1. The summed E-state index contributed by atoms with van der Waals surface area (Å²) in [7, 11) is 0. The summed E-state index contributed by atoms with van der Waals surface area (Å²) in [6.45, 7) is 3.74. The normalized spacial score (nSPS) is 17.9. The van der Waals surface area contributed by atoms with Gasteiger partial charge in [-0.1, -0.05) is 18.2 Å². The molecule has 4 heteroatoms. The highest BCUT2D eigenvalue weighted by molar-refractivity contribution is 5.69. The van der Waals surface area contributed by atoms with E-state index in [0.29, 0.717) is 11.5 Å². The van der Waals surface area contributed by atoms with E-state index >= 15 is 0 Å². The smallest absolute Gasteiger partial charge is 0.187 e. The molecule has 18 heavy (non-hydrogen) atoms. The maximum atomic E-state index is 14.2. The van der Waals surface area contributed by atoms with E-state index in [-0.39, 0.29) is 11.9 Å². The van der Waals surface area contributed by atoms with Crippen molar-refractivity contribution in [1.29, 1.82) is 0 Å². The van der Waals surface area contributed by atoms with Gasteiger partial charge in [0, 0.05) is 11.7 Å². The minimum absolute atomic E-state index is 0.214. The van der Waals surface area contributed by atoms with E-state index in [1.807, 2.05) is 23.1 Å². The lowest BCUT2D eigenvalue weighted by Crippen LogP contribution is -2.26. The van der Waals surface area contributed by atoms with Crippen LogP contribution in [0, 0.1) is 12.7 Å². The third-order valence-corrected chi connectivity index (χ3v) is 3.38. The predicted molar refractivity (Wildman–Crippen MR) is 68.5 cm³/mol. The minimum atomic E-state index is -0.332. The number of halogens is 1. The average Bonchev–Trinajstić information content (AvgIpc) is 2.69. The molecule has 0 aliphatic carbocycles. The standard InChI is InChI=1S/C14H14FN3/c1-9-7-11-5-3-4-6-12(11)18(9)14-13(15)10(2)16-8-17-14/h3-6,8-9H,7H2,1-2H3. The van der Waals surface area contributed by atoms with Gasteiger partial charge in [0.2, 0.25) is 0 Å². The number of para-hydroxylation sites is 1. The first kappa shape index (κ1) is 11.1. The summed E-state index contributed by atoms with van der Waals surface area (Å²) in [5.41, 5.74) is 2.67. The van der Waals surface area contributed by atoms with Crippen molar-refractivity contribution in [2.24, 2.45) is 0 Å². The van der Waals surface area contributed by atoms with E-state index in [0.717, 1.165) is 12.1 Å². The Morgan fingerprint density at radius 1 is 1.28 bits per heavy atom. The van der Waals surface area contributed by atoms with Gasteiger partial charge in [0.15, 0.2) is 11.6 Å². The summed E-state index contributed by atoms with van der Waals surface area (Å²) >= 11 is 0. The lowest BCUT2D eigenvalue weighted by atomic mass is 10.1. The molecule has 1 aliphatic rings. The summed E-state index contributed by atoms with van der Waals surface area (Å²) in [4.78, 5) is 9.95. The van der Waals surface area contributed by atoms with Crippen LogP contribution in [-0.2, 0) is 6.42 Å². The summed E-state index contributed by atoms with van der Waals surface area (Å²) in [6, 6.07) is 8.28. The van der Waals surface area contributed by atoms with Crippen LogP contribution in [0.4, 0.5) is 15.9 Å². The second kappa shape index (κ2) is 4.05. The average molecular weight is 243 g/mol. The molecule has 1 aromatic heterocycles. The third kappa shape index (κ3) is 1.56. The molecular formula is C14H14FN3. The molecule has 2 aromatic rings. The van der Waals surface area contributed by atoms with Crippen molar-refractivity contribution in [3.05, 3.63) is 47.7 Å². The quantitative estimate of drug-likeness (QED) is 0.771. The Kier molecular flexibility index (Phi) is 2.51. The topological polar surface area (TPSA) is 29.0 Å². The van der Waals surface area contributed by atoms with Crippen molar-refractivity contribution in [2.75, 3.05) is 4.90 Å². The molecule has 0 amide bonds. The van der Waals surface area contributed by atoms with Crippen LogP contribution >= 0.6 is 0 Å². The van der Waals surface area contributed by atoms with Crippen molar-refractivity contribution in [3.63, 3.8) is 0 Å². The van der Waals surface area contributed by atoms with E-state index in [1.54, 1.807) is 6.92 Å². The van der Waals surface area contributed by atoms with Gasteiger partial charge in [0.1, 0.15) is 6.33 Å². The van der Waals surface area contributed by atoms with Crippen molar-refractivity contribution in [3.8, 4) is 0 Å². The molecule has 0 saturated heterocycles. The highest BCUT2D eigenvalue weighted by Gasteiger charge is 2.30. The third-order valence-electron chi connectivity index (χ3n) is 3.38. The van der Waals surface area contributed by atoms with E-state index < -0.39 is 0 Å². The second-order valence-electron chi connectivity index (χ2n) is 4.65. The first-order valence-electron chi connectivity index (χ1n) is 6.02. The van der Waals surface area contributed by atoms with E-state index in [1.165, 1.54) is 11.9 Å². The number of nitrogens with zero attached hydrogens (tertiary/aromatic N) is 3. The van der Waals surface area contributed by atoms with E-state index in [9.17, 15) is 4.39 Å². The van der Waals surface area contributed by atoms with Crippen LogP contribution in [0.3, 0.4) is 0 Å². The molecule has 3 nitrogen and oxygen atoms in total. The molecular weight excluding hydrogens is 229 g/mol. The predicted octanol–water partition coefficient (Wildman–Crippen LogP) is 3.01. The van der Waals surface area contributed by atoms with E-state index in [2.05, 4.69) is 23.0 Å². The fourth-order valence-electron chi connectivity index (χ4n) is 2.50. The van der Waals surface area contributed by atoms with Crippen LogP contribution in [0.2, 0.25) is 0 Å². The van der Waals surface area contributed by atoms with Crippen molar-refractivity contribution >= 4 is 11.5 Å². The molecule has 0 fully saturated rings. The molecule has 92 valence electrons. The molecule has 3 rings (SSSR count). The lowest BCUT2D eigenvalue weighted by molar-refractivity contribution is 0.591. The van der Waals surface area contributed by atoms with Gasteiger partial charge >= 0.3 is 0 Å². The molecule has 1 aromatic carbocycles. The van der Waals surface area contributed by atoms with Gasteiger partial charge in [0.25, 0.3) is 0 Å². The molecule has 0 radical (unpaired) electrons. The first-order valence-corrected chi connectivity index (χ1v) is 6.02. The van der Waals surface area contributed by atoms with Crippen LogP contribution in [0.1, 0.15) is 18.2 Å². The van der Waals surface area contributed by atoms with Gasteiger partial charge in [-0.25, -0.2) is 14.4 Å². The molecule has 0 bridgehead atoms. The summed E-state index contributed by atoms with van der Waals surface area (Å²) < 4.78 is 14.2. The zero-order valence-electron chi connectivity index (χ0n) is 10.4. The number of hydrogen-bond donors (Lipinski definition) is 0. The van der Waals surface area contributed by atoms with Gasteiger partial charge in [0.05, 0.1) is 5.69 Å². The Balaban J connectivity index is 2.15. The highest BCUT2D eigenvalue weighted by Crippen LogP contribution is 2.38. The van der Waals surface area contributed by atoms with Crippen LogP contribution in [0.15, 0.2) is 30.6 Å². The van der Waals surface area contributed by atoms with Crippen molar-refractivity contribution in [2.45, 2.75) is 26.3 Å². The van der Waals surface area contributed by atoms with Crippen molar-refractivity contribution in [1.82, 2.24) is 9.97 Å². The van der Waals surface area contributed by atoms with Gasteiger partial charge in [-0.15, -0.1) is 0 Å². The maximum absolute atomic E-state index is 14.2. The molecule has 2 heterocycles. The summed E-state index contributed by atoms with van der Waals surface area (Å²) in [6.07, 6.45) is 2.33. The number of anilines is 2. The zero-order chi connectivity index (χ0) is 12.7. The van der Waals surface area contributed by atoms with Gasteiger partial charge in [-0.2, -0.15) is 0 Å². The number of fused-ring (bicyclic) bond motifs is 1. The van der Waals surface area contributed by atoms with Gasteiger partial charge in [-0.3, -0.25) is 0 Å². The molecule has 0 N–H and O–H groups in total. The molecule has 0 spiro atoms. The molecule has 1 unspecified atom stereocenters. The monoisotopic (exact) mass is 243 g/mol. The number of aryl methyl sites for hydroxylation is 1. The van der Waals surface area contributed by atoms with Crippen LogP contribution in [-0.4, -0.2) is 16.0 Å². The molecule has 1 aliphatic heterocycles. The van der Waals surface area contributed by atoms with E-state index in [4.69, 9.17) is 0 Å².